The summed E-state index contributed by atoms with van der Waals surface area (Å²) in [6.07, 6.45) is 7.60. The number of nitrogens with one attached hydrogen (secondary N) is 1. The van der Waals surface area contributed by atoms with Crippen LogP contribution in [0.1, 0.15) is 83.0 Å². The van der Waals surface area contributed by atoms with Gasteiger partial charge in [-0.05, 0) is 122 Å². The molecule has 3 heterocycles. The molecule has 5 rings (SSSR count). The van der Waals surface area contributed by atoms with Crippen LogP contribution in [0.5, 0.6) is 11.5 Å². The number of aliphatic imine (C=N–C) groups is 2. The highest BCUT2D eigenvalue weighted by Crippen LogP contribution is 2.45. The Kier molecular flexibility index (Phi) is 13.1. The van der Waals surface area contributed by atoms with E-state index in [2.05, 4.69) is 41.8 Å². The van der Waals surface area contributed by atoms with Crippen molar-refractivity contribution in [2.75, 3.05) is 44.3 Å². The molecular weight excluding hydrogens is 676 g/mol. The Balaban J connectivity index is 1.11. The zero-order chi connectivity index (χ0) is 37.5. The number of aromatic nitrogens is 2. The monoisotopic (exact) mass is 728 g/mol. The van der Waals surface area contributed by atoms with Crippen molar-refractivity contribution in [3.05, 3.63) is 53.9 Å². The maximum absolute atomic E-state index is 14.4. The second-order valence-corrected chi connectivity index (χ2v) is 15.0. The smallest absolute Gasteiger partial charge is 0.419 e. The minimum Gasteiger partial charge on any atom is -0.451 e. The lowest BCUT2D eigenvalue weighted by Crippen LogP contribution is -2.46. The minimum atomic E-state index is -4.51. The lowest BCUT2D eigenvalue weighted by atomic mass is 9.67. The van der Waals surface area contributed by atoms with Gasteiger partial charge in [0.25, 0.3) is 5.91 Å². The van der Waals surface area contributed by atoms with E-state index in [9.17, 15) is 22.4 Å². The van der Waals surface area contributed by atoms with Gasteiger partial charge in [-0.3, -0.25) is 20.1 Å². The molecule has 1 N–H and O–H groups in total. The molecule has 1 aromatic heterocycles. The summed E-state index contributed by atoms with van der Waals surface area (Å²) in [5, 5.41) is 3.30. The molecule has 1 atom stereocenters. The average Bonchev–Trinajstić information content (AvgIpc) is 3.56. The molecule has 1 amide bonds. The van der Waals surface area contributed by atoms with E-state index in [0.717, 1.165) is 83.9 Å². The van der Waals surface area contributed by atoms with E-state index in [4.69, 9.17) is 4.74 Å². The van der Waals surface area contributed by atoms with Gasteiger partial charge in [-0.15, -0.1) is 0 Å². The van der Waals surface area contributed by atoms with Crippen LogP contribution in [0.15, 0.2) is 52.5 Å². The highest BCUT2D eigenvalue weighted by molar-refractivity contribution is 5.97. The van der Waals surface area contributed by atoms with E-state index >= 15 is 0 Å². The van der Waals surface area contributed by atoms with Crippen molar-refractivity contribution in [3.63, 3.8) is 0 Å². The van der Waals surface area contributed by atoms with Crippen LogP contribution >= 0.6 is 0 Å². The number of piperidine rings is 1. The number of anilines is 1. The number of carbonyl (C=O) groups excluding carboxylic acids is 1. The van der Waals surface area contributed by atoms with Gasteiger partial charge >= 0.3 is 6.18 Å². The van der Waals surface area contributed by atoms with Crippen molar-refractivity contribution >= 4 is 24.7 Å². The summed E-state index contributed by atoms with van der Waals surface area (Å²) >= 11 is 0. The summed E-state index contributed by atoms with van der Waals surface area (Å²) in [5.41, 5.74) is -0.426. The van der Waals surface area contributed by atoms with Crippen LogP contribution in [-0.4, -0.2) is 102 Å². The van der Waals surface area contributed by atoms with E-state index in [1.165, 1.54) is 24.5 Å². The molecule has 2 saturated heterocycles. The zero-order valence-electron chi connectivity index (χ0n) is 30.7. The van der Waals surface area contributed by atoms with Crippen LogP contribution in [0.25, 0.3) is 0 Å². The third-order valence-corrected chi connectivity index (χ3v) is 10.7. The number of halogens is 4. The SMILES string of the molecule is C=N/C=C(\C=N/CNC1CCC2(CC1)CCN(CC1CCN(c3ncncc3Oc3ccc(F)cc3C(=O)N(C(C)C)C(C)C)C1)CC2)C(F)(F)F. The molecule has 10 nitrogen and oxygen atoms in total. The molecule has 2 aliphatic heterocycles. The predicted octanol–water partition coefficient (Wildman–Crippen LogP) is 7.28. The fourth-order valence-corrected chi connectivity index (χ4v) is 7.99. The lowest BCUT2D eigenvalue weighted by Gasteiger charge is -2.46. The molecule has 1 unspecified atom stereocenters. The van der Waals surface area contributed by atoms with Crippen LogP contribution in [0, 0.1) is 17.2 Å². The first-order valence-corrected chi connectivity index (χ1v) is 18.3. The molecule has 0 radical (unpaired) electrons. The van der Waals surface area contributed by atoms with Crippen molar-refractivity contribution in [3.8, 4) is 11.5 Å². The molecule has 14 heteroatoms. The molecule has 1 aromatic carbocycles. The van der Waals surface area contributed by atoms with Crippen LogP contribution in [0.4, 0.5) is 23.4 Å². The van der Waals surface area contributed by atoms with Crippen molar-refractivity contribution in [2.45, 2.75) is 96.9 Å². The topological polar surface area (TPSA) is 98.5 Å². The summed E-state index contributed by atoms with van der Waals surface area (Å²) in [4.78, 5) is 36.0. The molecule has 284 valence electrons. The molecule has 1 saturated carbocycles. The Morgan fingerprint density at radius 1 is 1.10 bits per heavy atom. The number of ether oxygens (including phenoxy) is 1. The Labute approximate surface area is 304 Å². The first-order chi connectivity index (χ1) is 24.8. The van der Waals surface area contributed by atoms with Crippen LogP contribution in [-0.2, 0) is 0 Å². The maximum atomic E-state index is 14.4. The van der Waals surface area contributed by atoms with Crippen LogP contribution in [0.2, 0.25) is 0 Å². The Bertz CT molecular complexity index is 1570. The van der Waals surface area contributed by atoms with Gasteiger partial charge in [-0.1, -0.05) is 0 Å². The summed E-state index contributed by atoms with van der Waals surface area (Å²) in [6.45, 7) is 15.7. The Morgan fingerprint density at radius 2 is 1.81 bits per heavy atom. The largest absolute Gasteiger partial charge is 0.451 e. The van der Waals surface area contributed by atoms with E-state index < -0.39 is 17.6 Å². The average molecular weight is 729 g/mol. The minimum absolute atomic E-state index is 0.0768. The van der Waals surface area contributed by atoms with Gasteiger partial charge in [0, 0.05) is 50.2 Å². The van der Waals surface area contributed by atoms with E-state index in [-0.39, 0.29) is 42.0 Å². The van der Waals surface area contributed by atoms with Gasteiger partial charge in [-0.2, -0.15) is 13.2 Å². The first-order valence-electron chi connectivity index (χ1n) is 18.3. The number of hydrogen-bond donors (Lipinski definition) is 1. The van der Waals surface area contributed by atoms with Gasteiger partial charge < -0.3 is 19.4 Å². The summed E-state index contributed by atoms with van der Waals surface area (Å²) in [7, 11) is 0. The van der Waals surface area contributed by atoms with Crippen molar-refractivity contribution in [1.29, 1.82) is 0 Å². The van der Waals surface area contributed by atoms with Crippen LogP contribution < -0.4 is 15.0 Å². The molecule has 0 bridgehead atoms. The number of allylic oxidation sites excluding steroid dienone is 1. The van der Waals surface area contributed by atoms with Gasteiger partial charge in [-0.25, -0.2) is 14.4 Å². The van der Waals surface area contributed by atoms with Crippen LogP contribution in [0.3, 0.4) is 0 Å². The lowest BCUT2D eigenvalue weighted by molar-refractivity contribution is -0.0857. The van der Waals surface area contributed by atoms with Gasteiger partial charge in [0.1, 0.15) is 17.9 Å². The quantitative estimate of drug-likeness (QED) is 0.171. The molecule has 1 spiro atoms. The van der Waals surface area contributed by atoms with Crippen molar-refractivity contribution in [2.24, 2.45) is 21.3 Å². The third kappa shape index (κ3) is 9.94. The molecular formula is C38H52F4N8O2. The third-order valence-electron chi connectivity index (χ3n) is 10.7. The second kappa shape index (κ2) is 17.3. The summed E-state index contributed by atoms with van der Waals surface area (Å²) in [5.74, 6) is 0.998. The maximum Gasteiger partial charge on any atom is 0.419 e. The molecule has 1 aliphatic carbocycles. The number of alkyl halides is 3. The number of carbonyl (C=O) groups is 1. The molecule has 3 aliphatic rings. The van der Waals surface area contributed by atoms with Crippen molar-refractivity contribution < 1.29 is 27.1 Å². The molecule has 2 aromatic rings. The highest BCUT2D eigenvalue weighted by atomic mass is 19.4. The summed E-state index contributed by atoms with van der Waals surface area (Å²) < 4.78 is 59.7. The normalized spacial score (nSPS) is 20.4. The van der Waals surface area contributed by atoms with Gasteiger partial charge in [0.05, 0.1) is 24.0 Å². The molecule has 3 fully saturated rings. The standard InChI is InChI=1S/C38H52F4N8O2/c1-26(2)50(27(3)4)36(51)32-18-30(39)6-7-33(32)52-34-21-45-25-47-35(34)49-15-10-28(23-49)22-48-16-13-37(14-17-48)11-8-31(9-12-37)46-24-44-20-29(19-43-5)38(40,41)42/h6-7,18-21,25-28,31,46H,5,8-17,22-24H2,1-4H3/b29-19+,44-20-. The Morgan fingerprint density at radius 3 is 2.46 bits per heavy atom. The Hall–Kier alpha value is -3.91. The fourth-order valence-electron chi connectivity index (χ4n) is 7.99. The number of nitrogens with zero attached hydrogens (tertiary/aromatic N) is 7. The van der Waals surface area contributed by atoms with Gasteiger partial charge in [0.2, 0.25) is 0 Å². The van der Waals surface area contributed by atoms with E-state index in [1.807, 2.05) is 27.7 Å². The number of amides is 1. The number of benzene rings is 1. The number of rotatable bonds is 13. The van der Waals surface area contributed by atoms with Gasteiger partial charge in [0.15, 0.2) is 11.6 Å². The van der Waals surface area contributed by atoms with E-state index in [0.29, 0.717) is 29.1 Å². The van der Waals surface area contributed by atoms with Crippen molar-refractivity contribution in [1.82, 2.24) is 25.1 Å². The highest BCUT2D eigenvalue weighted by Gasteiger charge is 2.39. The second-order valence-electron chi connectivity index (χ2n) is 15.0. The summed E-state index contributed by atoms with van der Waals surface area (Å²) in [6, 6.07) is 4.11. The first kappa shape index (κ1) is 39.3. The van der Waals surface area contributed by atoms with E-state index in [1.54, 1.807) is 11.1 Å². The molecule has 52 heavy (non-hydrogen) atoms. The number of likely N-dealkylation sites (tertiary alicyclic amines) is 1. The number of hydrogen-bond acceptors (Lipinski definition) is 9. The predicted molar refractivity (Wildman–Crippen MR) is 196 cm³/mol. The zero-order valence-corrected chi connectivity index (χ0v) is 30.7. The fraction of sp³-hybridized carbons (Fsp3) is 0.605.